The van der Waals surface area contributed by atoms with Gasteiger partial charge in [0.15, 0.2) is 6.29 Å². The van der Waals surface area contributed by atoms with E-state index in [4.69, 9.17) is 9.47 Å². The van der Waals surface area contributed by atoms with Crippen molar-refractivity contribution in [2.45, 2.75) is 345 Å². The molecule has 1 aliphatic heterocycles. The summed E-state index contributed by atoms with van der Waals surface area (Å²) in [5, 5.41) is 76.0. The van der Waals surface area contributed by atoms with E-state index < -0.39 is 74.2 Å². The van der Waals surface area contributed by atoms with E-state index in [1.165, 1.54) is 212 Å². The second-order valence-electron chi connectivity index (χ2n) is 21.1. The maximum Gasteiger partial charge on any atom is 0.249 e. The molecule has 0 radical (unpaired) electrons. The van der Waals surface area contributed by atoms with Crippen molar-refractivity contribution >= 4 is 5.91 Å². The molecule has 11 nitrogen and oxygen atoms in total. The number of unbranched alkanes of at least 4 members (excludes halogenated alkanes) is 39. The topological polar surface area (TPSA) is 189 Å². The summed E-state index contributed by atoms with van der Waals surface area (Å²) in [6, 6.07) is -1.16. The predicted octanol–water partition coefficient (Wildman–Crippen LogP) is 12.2. The summed E-state index contributed by atoms with van der Waals surface area (Å²) in [6.45, 7) is 3.48. The van der Waals surface area contributed by atoms with Gasteiger partial charge in [0.05, 0.1) is 25.4 Å². The average molecular weight is 973 g/mol. The van der Waals surface area contributed by atoms with Crippen LogP contribution >= 0.6 is 0 Å². The Morgan fingerprint density at radius 3 is 1.09 bits per heavy atom. The zero-order valence-corrected chi connectivity index (χ0v) is 44.4. The van der Waals surface area contributed by atoms with Crippen LogP contribution in [0.25, 0.3) is 0 Å². The Bertz CT molecular complexity index is 1070. The number of carbonyl (C=O) groups excluding carboxylic acids is 1. The molecule has 1 aliphatic rings. The Kier molecular flexibility index (Phi) is 45.1. The van der Waals surface area contributed by atoms with Gasteiger partial charge in [-0.25, -0.2) is 0 Å². The van der Waals surface area contributed by atoms with Crippen LogP contribution in [0.2, 0.25) is 0 Å². The van der Waals surface area contributed by atoms with Gasteiger partial charge in [-0.05, 0) is 12.8 Å². The first-order chi connectivity index (χ1) is 33.2. The van der Waals surface area contributed by atoms with Crippen molar-refractivity contribution in [1.29, 1.82) is 0 Å². The highest BCUT2D eigenvalue weighted by atomic mass is 16.7. The van der Waals surface area contributed by atoms with E-state index in [1.54, 1.807) is 0 Å². The second-order valence-corrected chi connectivity index (χ2v) is 21.1. The minimum Gasteiger partial charge on any atom is -0.394 e. The van der Waals surface area contributed by atoms with E-state index in [-0.39, 0.29) is 6.42 Å². The van der Waals surface area contributed by atoms with E-state index in [0.717, 1.165) is 38.5 Å². The lowest BCUT2D eigenvalue weighted by atomic mass is 9.98. The number of carbonyl (C=O) groups is 1. The molecule has 0 bridgehead atoms. The van der Waals surface area contributed by atoms with Crippen LogP contribution in [0.4, 0.5) is 0 Å². The van der Waals surface area contributed by atoms with E-state index in [2.05, 4.69) is 19.2 Å². The van der Waals surface area contributed by atoms with Crippen LogP contribution in [-0.4, -0.2) is 110 Å². The van der Waals surface area contributed by atoms with Gasteiger partial charge in [-0.2, -0.15) is 0 Å². The fraction of sp³-hybridized carbons (Fsp3) is 0.982. The third kappa shape index (κ3) is 35.3. The number of nitrogens with one attached hydrogen (secondary N) is 1. The molecule has 0 aromatic heterocycles. The number of hydrogen-bond donors (Lipinski definition) is 8. The number of amides is 1. The minimum atomic E-state index is -1.66. The van der Waals surface area contributed by atoms with Crippen molar-refractivity contribution in [2.24, 2.45) is 0 Å². The Balaban J connectivity index is 2.21. The van der Waals surface area contributed by atoms with Gasteiger partial charge in [0.2, 0.25) is 5.91 Å². The molecule has 9 atom stereocenters. The van der Waals surface area contributed by atoms with E-state index in [9.17, 15) is 40.5 Å². The van der Waals surface area contributed by atoms with Crippen LogP contribution < -0.4 is 5.32 Å². The average Bonchev–Trinajstić information content (AvgIpc) is 3.34. The smallest absolute Gasteiger partial charge is 0.249 e. The molecule has 8 N–H and O–H groups in total. The van der Waals surface area contributed by atoms with Crippen molar-refractivity contribution in [2.75, 3.05) is 13.2 Å². The minimum absolute atomic E-state index is 0.266. The molecular formula is C57H113NO10. The lowest BCUT2D eigenvalue weighted by molar-refractivity contribution is -0.303. The van der Waals surface area contributed by atoms with Gasteiger partial charge in [0.1, 0.15) is 36.6 Å². The van der Waals surface area contributed by atoms with Crippen LogP contribution in [0.3, 0.4) is 0 Å². The molecule has 9 unspecified atom stereocenters. The van der Waals surface area contributed by atoms with E-state index >= 15 is 0 Å². The number of aliphatic hydroxyl groups excluding tert-OH is 7. The first kappa shape index (κ1) is 65.1. The second kappa shape index (κ2) is 47.1. The predicted molar refractivity (Wildman–Crippen MR) is 280 cm³/mol. The van der Waals surface area contributed by atoms with Crippen LogP contribution in [0.1, 0.15) is 290 Å². The standard InChI is InChI=1S/C57H113NO10/c1-3-5-7-9-11-13-15-17-18-19-20-21-22-23-24-25-26-27-28-29-30-31-32-33-35-36-38-40-42-44-49(60)52(62)48(47-67-57-55(65)54(64)53(63)51(46-59)68-57)58-56(66)50(61)45-43-41-39-37-34-16-14-12-10-8-6-4-2/h48-55,57,59-65H,3-47H2,1-2H3,(H,58,66). The molecule has 0 saturated carbocycles. The molecule has 68 heavy (non-hydrogen) atoms. The molecule has 0 aromatic rings. The zero-order chi connectivity index (χ0) is 49.7. The van der Waals surface area contributed by atoms with Crippen LogP contribution in [0.15, 0.2) is 0 Å². The summed E-state index contributed by atoms with van der Waals surface area (Å²) < 4.78 is 11.1. The lowest BCUT2D eigenvalue weighted by Gasteiger charge is -2.40. The number of rotatable bonds is 51. The van der Waals surface area contributed by atoms with Gasteiger partial charge in [-0.1, -0.05) is 277 Å². The summed E-state index contributed by atoms with van der Waals surface area (Å²) in [6.07, 6.45) is 41.8. The Hall–Kier alpha value is -0.890. The number of hydrogen-bond acceptors (Lipinski definition) is 10. The number of ether oxygens (including phenoxy) is 2. The van der Waals surface area contributed by atoms with Gasteiger partial charge < -0.3 is 50.5 Å². The fourth-order valence-electron chi connectivity index (χ4n) is 9.86. The highest BCUT2D eigenvalue weighted by Crippen LogP contribution is 2.24. The quantitative estimate of drug-likeness (QED) is 0.0272. The van der Waals surface area contributed by atoms with Crippen molar-refractivity contribution in [1.82, 2.24) is 5.32 Å². The summed E-state index contributed by atoms with van der Waals surface area (Å²) in [4.78, 5) is 13.1. The SMILES string of the molecule is CCCCCCCCCCCCCCCCCCCCCCCCCCCCCCCC(O)C(O)C(COC1OC(CO)C(O)C(O)C1O)NC(=O)C(O)CCCCCCCCCCCCCC. The van der Waals surface area contributed by atoms with Gasteiger partial charge in [0, 0.05) is 0 Å². The van der Waals surface area contributed by atoms with E-state index in [0.29, 0.717) is 19.3 Å². The number of aliphatic hydroxyl groups is 7. The summed E-state index contributed by atoms with van der Waals surface area (Å²) in [5.74, 6) is -0.692. The van der Waals surface area contributed by atoms with Gasteiger partial charge in [-0.15, -0.1) is 0 Å². The van der Waals surface area contributed by atoms with Gasteiger partial charge in [-0.3, -0.25) is 4.79 Å². The Morgan fingerprint density at radius 1 is 0.456 bits per heavy atom. The van der Waals surface area contributed by atoms with E-state index in [1.807, 2.05) is 0 Å². The monoisotopic (exact) mass is 972 g/mol. The normalized spacial score (nSPS) is 20.4. The Labute approximate surface area is 418 Å². The van der Waals surface area contributed by atoms with Crippen LogP contribution in [0, 0.1) is 0 Å². The molecule has 0 aliphatic carbocycles. The fourth-order valence-corrected chi connectivity index (χ4v) is 9.86. The largest absolute Gasteiger partial charge is 0.394 e. The third-order valence-corrected chi connectivity index (χ3v) is 14.7. The Morgan fingerprint density at radius 2 is 0.765 bits per heavy atom. The van der Waals surface area contributed by atoms with Crippen molar-refractivity contribution < 1.29 is 50.0 Å². The van der Waals surface area contributed by atoms with Gasteiger partial charge >= 0.3 is 0 Å². The van der Waals surface area contributed by atoms with Crippen molar-refractivity contribution in [3.8, 4) is 0 Å². The maximum atomic E-state index is 13.1. The highest BCUT2D eigenvalue weighted by molar-refractivity contribution is 5.80. The van der Waals surface area contributed by atoms with Crippen LogP contribution in [-0.2, 0) is 14.3 Å². The molecule has 11 heteroatoms. The molecule has 1 saturated heterocycles. The molecular weight excluding hydrogens is 859 g/mol. The van der Waals surface area contributed by atoms with Crippen LogP contribution in [0.5, 0.6) is 0 Å². The molecule has 0 spiro atoms. The molecule has 1 amide bonds. The first-order valence-corrected chi connectivity index (χ1v) is 29.4. The molecule has 1 heterocycles. The molecule has 1 fully saturated rings. The maximum absolute atomic E-state index is 13.1. The molecule has 1 rings (SSSR count). The highest BCUT2D eigenvalue weighted by Gasteiger charge is 2.44. The first-order valence-electron chi connectivity index (χ1n) is 29.4. The molecule has 406 valence electrons. The van der Waals surface area contributed by atoms with Crippen molar-refractivity contribution in [3.63, 3.8) is 0 Å². The third-order valence-electron chi connectivity index (χ3n) is 14.7. The van der Waals surface area contributed by atoms with Crippen molar-refractivity contribution in [3.05, 3.63) is 0 Å². The molecule has 0 aromatic carbocycles. The summed E-state index contributed by atoms with van der Waals surface area (Å²) >= 11 is 0. The van der Waals surface area contributed by atoms with Gasteiger partial charge in [0.25, 0.3) is 0 Å². The summed E-state index contributed by atoms with van der Waals surface area (Å²) in [5.41, 5.74) is 0. The lowest BCUT2D eigenvalue weighted by Crippen LogP contribution is -2.60. The summed E-state index contributed by atoms with van der Waals surface area (Å²) in [7, 11) is 0. The zero-order valence-electron chi connectivity index (χ0n) is 44.4.